The minimum absolute atomic E-state index is 0.267. The molecule has 0 saturated carbocycles. The van der Waals surface area contributed by atoms with E-state index in [1.54, 1.807) is 12.2 Å². The van der Waals surface area contributed by atoms with Crippen LogP contribution in [0.3, 0.4) is 0 Å². The molecule has 2 unspecified atom stereocenters. The van der Waals surface area contributed by atoms with Crippen LogP contribution in [0.2, 0.25) is 0 Å². The number of nitrogens with one attached hydrogen (secondary N) is 1. The van der Waals surface area contributed by atoms with E-state index in [1.165, 1.54) is 17.7 Å². The number of anilines is 1. The lowest BCUT2D eigenvalue weighted by molar-refractivity contribution is -0.141. The molecule has 2 atom stereocenters. The standard InChI is InChI=1S/C17H20N4O3S/c1-2-3-5-12(17(23)24)20-15(22)13-6-4-8-21(13)14-11-7-9-25-16(11)19-10-18-14/h2-3,7,9-10,12-13H,4-6,8H2,1H3,(H,20,22)(H,23,24)/b3-2+. The van der Waals surface area contributed by atoms with Crippen LogP contribution in [0, 0.1) is 0 Å². The Balaban J connectivity index is 1.80. The molecule has 2 aromatic rings. The summed E-state index contributed by atoms with van der Waals surface area (Å²) in [6.07, 6.45) is 6.83. The maximum atomic E-state index is 12.7. The van der Waals surface area contributed by atoms with Gasteiger partial charge in [-0.3, -0.25) is 4.79 Å². The summed E-state index contributed by atoms with van der Waals surface area (Å²) in [6.45, 7) is 2.54. The Labute approximate surface area is 149 Å². The zero-order valence-electron chi connectivity index (χ0n) is 13.9. The highest BCUT2D eigenvalue weighted by molar-refractivity contribution is 7.16. The zero-order chi connectivity index (χ0) is 17.8. The van der Waals surface area contributed by atoms with E-state index in [0.29, 0.717) is 13.0 Å². The molecule has 0 aromatic carbocycles. The van der Waals surface area contributed by atoms with Crippen molar-refractivity contribution in [2.75, 3.05) is 11.4 Å². The van der Waals surface area contributed by atoms with Gasteiger partial charge in [-0.1, -0.05) is 12.2 Å². The van der Waals surface area contributed by atoms with Crippen molar-refractivity contribution in [2.45, 2.75) is 38.3 Å². The molecule has 0 radical (unpaired) electrons. The van der Waals surface area contributed by atoms with Crippen molar-refractivity contribution >= 4 is 39.2 Å². The average molecular weight is 360 g/mol. The summed E-state index contributed by atoms with van der Waals surface area (Å²) in [4.78, 5) is 35.5. The number of carbonyl (C=O) groups is 2. The Hall–Kier alpha value is -2.48. The first-order valence-corrected chi connectivity index (χ1v) is 9.09. The normalized spacial score (nSPS) is 18.8. The molecule has 8 heteroatoms. The monoisotopic (exact) mass is 360 g/mol. The SMILES string of the molecule is C/C=C/CC(NC(=O)C1CCCN1c1ncnc2sccc12)C(=O)O. The fraction of sp³-hybridized carbons (Fsp3) is 0.412. The number of fused-ring (bicyclic) bond motifs is 1. The number of hydrogen-bond acceptors (Lipinski definition) is 6. The number of carboxylic acids is 1. The van der Waals surface area contributed by atoms with Crippen LogP contribution in [0.4, 0.5) is 5.82 Å². The van der Waals surface area contributed by atoms with Gasteiger partial charge in [-0.2, -0.15) is 0 Å². The topological polar surface area (TPSA) is 95.4 Å². The summed E-state index contributed by atoms with van der Waals surface area (Å²) < 4.78 is 0. The summed E-state index contributed by atoms with van der Waals surface area (Å²) in [5.74, 6) is -0.557. The maximum Gasteiger partial charge on any atom is 0.326 e. The van der Waals surface area contributed by atoms with Crippen molar-refractivity contribution in [2.24, 2.45) is 0 Å². The van der Waals surface area contributed by atoms with Crippen LogP contribution in [0.15, 0.2) is 29.9 Å². The van der Waals surface area contributed by atoms with Crippen LogP contribution in [0.1, 0.15) is 26.2 Å². The van der Waals surface area contributed by atoms with Gasteiger partial charge >= 0.3 is 5.97 Å². The van der Waals surface area contributed by atoms with Crippen molar-refractivity contribution in [3.05, 3.63) is 29.9 Å². The van der Waals surface area contributed by atoms with E-state index in [4.69, 9.17) is 0 Å². The summed E-state index contributed by atoms with van der Waals surface area (Å²) in [5.41, 5.74) is 0. The number of carbonyl (C=O) groups excluding carboxylic acids is 1. The molecule has 2 N–H and O–H groups in total. The molecule has 25 heavy (non-hydrogen) atoms. The van der Waals surface area contributed by atoms with E-state index >= 15 is 0 Å². The quantitative estimate of drug-likeness (QED) is 0.767. The molecule has 3 heterocycles. The lowest BCUT2D eigenvalue weighted by Gasteiger charge is -2.26. The second kappa shape index (κ2) is 7.60. The largest absolute Gasteiger partial charge is 0.480 e. The zero-order valence-corrected chi connectivity index (χ0v) is 14.7. The Morgan fingerprint density at radius 1 is 1.52 bits per heavy atom. The highest BCUT2D eigenvalue weighted by atomic mass is 32.1. The van der Waals surface area contributed by atoms with Gasteiger partial charge in [0.2, 0.25) is 5.91 Å². The molecule has 0 aliphatic carbocycles. The first-order chi connectivity index (χ1) is 12.1. The van der Waals surface area contributed by atoms with E-state index in [0.717, 1.165) is 22.5 Å². The van der Waals surface area contributed by atoms with Gasteiger partial charge in [0.05, 0.1) is 5.39 Å². The highest BCUT2D eigenvalue weighted by Crippen LogP contribution is 2.31. The third-order valence-corrected chi connectivity index (χ3v) is 5.11. The van der Waals surface area contributed by atoms with Gasteiger partial charge in [0.15, 0.2) is 0 Å². The van der Waals surface area contributed by atoms with Crippen molar-refractivity contribution in [3.63, 3.8) is 0 Å². The van der Waals surface area contributed by atoms with Crippen LogP contribution in [0.25, 0.3) is 10.2 Å². The molecule has 1 fully saturated rings. The van der Waals surface area contributed by atoms with Gasteiger partial charge in [0.25, 0.3) is 0 Å². The molecule has 1 aliphatic rings. The van der Waals surface area contributed by atoms with Crippen molar-refractivity contribution < 1.29 is 14.7 Å². The molecule has 1 saturated heterocycles. The number of hydrogen-bond donors (Lipinski definition) is 2. The van der Waals surface area contributed by atoms with Crippen LogP contribution in [0.5, 0.6) is 0 Å². The molecule has 0 spiro atoms. The number of carboxylic acid groups (broad SMARTS) is 1. The number of allylic oxidation sites excluding steroid dienone is 1. The molecule has 132 valence electrons. The Morgan fingerprint density at radius 3 is 3.12 bits per heavy atom. The average Bonchev–Trinajstić information content (AvgIpc) is 3.26. The second-order valence-corrected chi connectivity index (χ2v) is 6.79. The molecule has 1 aliphatic heterocycles. The molecule has 2 aromatic heterocycles. The molecular weight excluding hydrogens is 340 g/mol. The Bertz CT molecular complexity index is 804. The van der Waals surface area contributed by atoms with E-state index in [1.807, 2.05) is 23.3 Å². The fourth-order valence-electron chi connectivity index (χ4n) is 3.06. The predicted molar refractivity (Wildman–Crippen MR) is 96.8 cm³/mol. The number of aliphatic carboxylic acids is 1. The van der Waals surface area contributed by atoms with E-state index in [2.05, 4.69) is 15.3 Å². The third kappa shape index (κ3) is 3.63. The summed E-state index contributed by atoms with van der Waals surface area (Å²) in [5, 5.41) is 14.8. The minimum atomic E-state index is -1.03. The first kappa shape index (κ1) is 17.3. The highest BCUT2D eigenvalue weighted by Gasteiger charge is 2.34. The summed E-state index contributed by atoms with van der Waals surface area (Å²) in [7, 11) is 0. The molecular formula is C17H20N4O3S. The molecule has 7 nitrogen and oxygen atoms in total. The molecule has 3 rings (SSSR count). The number of thiophene rings is 1. The van der Waals surface area contributed by atoms with Crippen molar-refractivity contribution in [1.29, 1.82) is 0 Å². The van der Waals surface area contributed by atoms with Crippen molar-refractivity contribution in [1.82, 2.24) is 15.3 Å². The third-order valence-electron chi connectivity index (χ3n) is 4.29. The number of aromatic nitrogens is 2. The fourth-order valence-corrected chi connectivity index (χ4v) is 3.79. The predicted octanol–water partition coefficient (Wildman–Crippen LogP) is 2.20. The Morgan fingerprint density at radius 2 is 2.36 bits per heavy atom. The van der Waals surface area contributed by atoms with Gasteiger partial charge in [-0.15, -0.1) is 11.3 Å². The van der Waals surface area contributed by atoms with Crippen LogP contribution < -0.4 is 10.2 Å². The number of nitrogens with zero attached hydrogens (tertiary/aromatic N) is 3. The van der Waals surface area contributed by atoms with Crippen LogP contribution in [-0.2, 0) is 9.59 Å². The van der Waals surface area contributed by atoms with E-state index in [-0.39, 0.29) is 12.3 Å². The smallest absolute Gasteiger partial charge is 0.326 e. The maximum absolute atomic E-state index is 12.7. The van der Waals surface area contributed by atoms with E-state index < -0.39 is 18.1 Å². The van der Waals surface area contributed by atoms with Gasteiger partial charge in [-0.25, -0.2) is 14.8 Å². The molecule has 1 amide bonds. The van der Waals surface area contributed by atoms with Crippen LogP contribution in [-0.4, -0.2) is 45.6 Å². The number of amides is 1. The van der Waals surface area contributed by atoms with Gasteiger partial charge in [-0.05, 0) is 37.6 Å². The Kier molecular flexibility index (Phi) is 5.28. The van der Waals surface area contributed by atoms with E-state index in [9.17, 15) is 14.7 Å². The molecule has 0 bridgehead atoms. The van der Waals surface area contributed by atoms with Crippen LogP contribution >= 0.6 is 11.3 Å². The lowest BCUT2D eigenvalue weighted by Crippen LogP contribution is -2.49. The van der Waals surface area contributed by atoms with Gasteiger partial charge in [0, 0.05) is 6.54 Å². The number of rotatable bonds is 6. The lowest BCUT2D eigenvalue weighted by atomic mass is 10.1. The summed E-state index contributed by atoms with van der Waals surface area (Å²) in [6, 6.07) is 0.623. The second-order valence-electron chi connectivity index (χ2n) is 5.89. The first-order valence-electron chi connectivity index (χ1n) is 8.21. The van der Waals surface area contributed by atoms with Gasteiger partial charge in [0.1, 0.15) is 29.1 Å². The van der Waals surface area contributed by atoms with Crippen molar-refractivity contribution in [3.8, 4) is 0 Å². The summed E-state index contributed by atoms with van der Waals surface area (Å²) >= 11 is 1.53. The van der Waals surface area contributed by atoms with Gasteiger partial charge < -0.3 is 15.3 Å². The minimum Gasteiger partial charge on any atom is -0.480 e.